The van der Waals surface area contributed by atoms with Gasteiger partial charge < -0.3 is 25.6 Å². The van der Waals surface area contributed by atoms with E-state index in [1.807, 2.05) is 0 Å². The molecule has 9 heteroatoms. The Morgan fingerprint density at radius 3 is 2.76 bits per heavy atom. The first-order valence-corrected chi connectivity index (χ1v) is 8.04. The summed E-state index contributed by atoms with van der Waals surface area (Å²) in [6.45, 7) is 0.193. The first-order valence-electron chi connectivity index (χ1n) is 7.66. The molecule has 2 atom stereocenters. The van der Waals surface area contributed by atoms with Gasteiger partial charge in [0.25, 0.3) is 5.91 Å². The fraction of sp³-hybridized carbons (Fsp3) is 0.312. The highest BCUT2D eigenvalue weighted by molar-refractivity contribution is 6.31. The number of nitrogens with zero attached hydrogens (tertiary/aromatic N) is 1. The van der Waals surface area contributed by atoms with E-state index < -0.39 is 24.1 Å². The van der Waals surface area contributed by atoms with Crippen molar-refractivity contribution >= 4 is 40.4 Å². The van der Waals surface area contributed by atoms with Gasteiger partial charge in [0.1, 0.15) is 5.69 Å². The van der Waals surface area contributed by atoms with E-state index in [2.05, 4.69) is 15.6 Å². The third-order valence-electron chi connectivity index (χ3n) is 4.23. The molecule has 0 aliphatic carbocycles. The van der Waals surface area contributed by atoms with Crippen LogP contribution in [0.15, 0.2) is 24.3 Å². The van der Waals surface area contributed by atoms with Crippen molar-refractivity contribution in [1.82, 2.24) is 20.5 Å². The maximum absolute atomic E-state index is 12.5. The molecule has 1 saturated heterocycles. The van der Waals surface area contributed by atoms with E-state index in [0.717, 1.165) is 10.9 Å². The minimum absolute atomic E-state index is 0.0270. The van der Waals surface area contributed by atoms with Gasteiger partial charge in [0, 0.05) is 35.9 Å². The summed E-state index contributed by atoms with van der Waals surface area (Å²) in [5.74, 6) is -0.566. The number of amides is 3. The Labute approximate surface area is 148 Å². The van der Waals surface area contributed by atoms with Crippen molar-refractivity contribution < 1.29 is 19.5 Å². The molecule has 1 aliphatic rings. The second-order valence-electron chi connectivity index (χ2n) is 6.03. The number of hydrogen-bond donors (Lipinski definition) is 4. The molecule has 3 rings (SSSR count). The number of halogens is 1. The summed E-state index contributed by atoms with van der Waals surface area (Å²) >= 11 is 5.94. The van der Waals surface area contributed by atoms with Crippen LogP contribution in [0.4, 0.5) is 4.79 Å². The molecule has 1 unspecified atom stereocenters. The number of nitrogens with one attached hydrogen (secondary N) is 3. The molecular weight excluding hydrogens is 348 g/mol. The average molecular weight is 365 g/mol. The second kappa shape index (κ2) is 6.64. The first-order chi connectivity index (χ1) is 11.8. The summed E-state index contributed by atoms with van der Waals surface area (Å²) in [7, 11) is 1.60. The van der Waals surface area contributed by atoms with Crippen LogP contribution in [0.1, 0.15) is 16.9 Å². The Morgan fingerprint density at radius 2 is 2.04 bits per heavy atom. The zero-order valence-electron chi connectivity index (χ0n) is 13.4. The molecule has 8 nitrogen and oxygen atoms in total. The molecule has 0 bridgehead atoms. The Balaban J connectivity index is 1.78. The highest BCUT2D eigenvalue weighted by atomic mass is 35.5. The fourth-order valence-corrected chi connectivity index (χ4v) is 3.12. The van der Waals surface area contributed by atoms with Crippen LogP contribution in [0, 0.1) is 0 Å². The van der Waals surface area contributed by atoms with E-state index in [1.165, 1.54) is 4.90 Å². The van der Waals surface area contributed by atoms with E-state index in [0.29, 0.717) is 10.7 Å². The number of carbonyl (C=O) groups is 3. The lowest BCUT2D eigenvalue weighted by atomic mass is 9.99. The van der Waals surface area contributed by atoms with Crippen molar-refractivity contribution in [3.63, 3.8) is 0 Å². The van der Waals surface area contributed by atoms with E-state index in [1.54, 1.807) is 31.3 Å². The molecule has 1 aromatic heterocycles. The van der Waals surface area contributed by atoms with Gasteiger partial charge in [0.15, 0.2) is 0 Å². The standard InChI is InChI=1S/C16H17ClN4O4/c1-21-7-13(20-16(24)25)11(6-14(21)22)19-15(23)12-5-8-4-9(17)2-3-10(8)18-12/h2-5,11,13,18,20H,6-7H2,1H3,(H,19,23)(H,24,25)/t11-,13?/m0/s1. The molecule has 2 heterocycles. The summed E-state index contributed by atoms with van der Waals surface area (Å²) in [4.78, 5) is 39.8. The third-order valence-corrected chi connectivity index (χ3v) is 4.46. The van der Waals surface area contributed by atoms with Crippen molar-refractivity contribution in [3.05, 3.63) is 35.0 Å². The Kier molecular flexibility index (Phi) is 4.54. The van der Waals surface area contributed by atoms with Gasteiger partial charge in [-0.05, 0) is 24.3 Å². The zero-order valence-corrected chi connectivity index (χ0v) is 14.1. The molecule has 4 N–H and O–H groups in total. The largest absolute Gasteiger partial charge is 0.465 e. The molecule has 0 radical (unpaired) electrons. The van der Waals surface area contributed by atoms with Gasteiger partial charge in [-0.3, -0.25) is 9.59 Å². The fourth-order valence-electron chi connectivity index (χ4n) is 2.94. The monoisotopic (exact) mass is 364 g/mol. The molecule has 2 aromatic rings. The summed E-state index contributed by atoms with van der Waals surface area (Å²) in [6, 6.07) is 5.67. The number of likely N-dealkylation sites (tertiary alicyclic amines) is 1. The second-order valence-corrected chi connectivity index (χ2v) is 6.47. The van der Waals surface area contributed by atoms with Gasteiger partial charge in [-0.25, -0.2) is 4.79 Å². The zero-order chi connectivity index (χ0) is 18.1. The van der Waals surface area contributed by atoms with Crippen molar-refractivity contribution in [3.8, 4) is 0 Å². The number of fused-ring (bicyclic) bond motifs is 1. The number of aromatic amines is 1. The molecule has 1 aromatic carbocycles. The Bertz CT molecular complexity index is 850. The highest BCUT2D eigenvalue weighted by Gasteiger charge is 2.34. The number of carbonyl (C=O) groups excluding carboxylic acids is 2. The Hall–Kier alpha value is -2.74. The number of benzene rings is 1. The van der Waals surface area contributed by atoms with Gasteiger partial charge in [0.2, 0.25) is 5.91 Å². The molecule has 0 spiro atoms. The van der Waals surface area contributed by atoms with E-state index in [4.69, 9.17) is 16.7 Å². The molecule has 132 valence electrons. The smallest absolute Gasteiger partial charge is 0.405 e. The minimum atomic E-state index is -1.20. The Morgan fingerprint density at radius 1 is 1.28 bits per heavy atom. The maximum atomic E-state index is 12.5. The van der Waals surface area contributed by atoms with Gasteiger partial charge in [-0.1, -0.05) is 11.6 Å². The molecule has 3 amide bonds. The highest BCUT2D eigenvalue weighted by Crippen LogP contribution is 2.20. The number of rotatable bonds is 3. The van der Waals surface area contributed by atoms with Gasteiger partial charge in [-0.15, -0.1) is 0 Å². The predicted molar refractivity (Wildman–Crippen MR) is 91.8 cm³/mol. The van der Waals surface area contributed by atoms with Crippen molar-refractivity contribution in [2.45, 2.75) is 18.5 Å². The maximum Gasteiger partial charge on any atom is 0.405 e. The molecule has 0 saturated carbocycles. The van der Waals surface area contributed by atoms with Crippen molar-refractivity contribution in [2.24, 2.45) is 0 Å². The number of likely N-dealkylation sites (N-methyl/N-ethyl adjacent to an activating group) is 1. The van der Waals surface area contributed by atoms with Crippen LogP contribution in [0.3, 0.4) is 0 Å². The number of piperidine rings is 1. The van der Waals surface area contributed by atoms with Gasteiger partial charge >= 0.3 is 6.09 Å². The lowest BCUT2D eigenvalue weighted by molar-refractivity contribution is -0.133. The van der Waals surface area contributed by atoms with Crippen LogP contribution in [0.5, 0.6) is 0 Å². The SMILES string of the molecule is CN1CC(NC(=O)O)[C@@H](NC(=O)c2cc3cc(Cl)ccc3[nH]2)CC1=O. The van der Waals surface area contributed by atoms with Crippen LogP contribution < -0.4 is 10.6 Å². The topological polar surface area (TPSA) is 115 Å². The van der Waals surface area contributed by atoms with Crippen LogP contribution in [-0.4, -0.2) is 58.6 Å². The minimum Gasteiger partial charge on any atom is -0.465 e. The molecule has 25 heavy (non-hydrogen) atoms. The van der Waals surface area contributed by atoms with E-state index in [9.17, 15) is 14.4 Å². The third kappa shape index (κ3) is 3.69. The van der Waals surface area contributed by atoms with Gasteiger partial charge in [-0.2, -0.15) is 0 Å². The van der Waals surface area contributed by atoms with Crippen LogP contribution in [0.25, 0.3) is 10.9 Å². The quantitative estimate of drug-likeness (QED) is 0.659. The number of hydrogen-bond acceptors (Lipinski definition) is 3. The average Bonchev–Trinajstić information content (AvgIpc) is 2.94. The lowest BCUT2D eigenvalue weighted by Crippen LogP contribution is -2.61. The van der Waals surface area contributed by atoms with E-state index >= 15 is 0 Å². The summed E-state index contributed by atoms with van der Waals surface area (Å²) in [6.07, 6.45) is -1.17. The summed E-state index contributed by atoms with van der Waals surface area (Å²) < 4.78 is 0. The van der Waals surface area contributed by atoms with Gasteiger partial charge in [0.05, 0.1) is 12.1 Å². The van der Waals surface area contributed by atoms with Crippen molar-refractivity contribution in [2.75, 3.05) is 13.6 Å². The molecule has 1 aliphatic heterocycles. The van der Waals surface area contributed by atoms with Crippen LogP contribution in [-0.2, 0) is 4.79 Å². The predicted octanol–water partition coefficient (Wildman–Crippen LogP) is 1.42. The number of carboxylic acid groups (broad SMARTS) is 1. The molecule has 1 fully saturated rings. The summed E-state index contributed by atoms with van der Waals surface area (Å²) in [5, 5.41) is 15.4. The normalized spacial score (nSPS) is 20.6. The molecular formula is C16H17ClN4O4. The van der Waals surface area contributed by atoms with E-state index in [-0.39, 0.29) is 18.9 Å². The first kappa shape index (κ1) is 17.1. The number of aromatic nitrogens is 1. The number of H-pyrrole nitrogens is 1. The van der Waals surface area contributed by atoms with Crippen molar-refractivity contribution in [1.29, 1.82) is 0 Å². The van der Waals surface area contributed by atoms with Crippen LogP contribution in [0.2, 0.25) is 5.02 Å². The lowest BCUT2D eigenvalue weighted by Gasteiger charge is -2.36. The summed E-state index contributed by atoms with van der Waals surface area (Å²) in [5.41, 5.74) is 1.08. The van der Waals surface area contributed by atoms with Crippen LogP contribution >= 0.6 is 11.6 Å².